The van der Waals surface area contributed by atoms with E-state index in [0.29, 0.717) is 22.6 Å². The average molecular weight is 389 g/mol. The van der Waals surface area contributed by atoms with Crippen LogP contribution in [-0.2, 0) is 4.74 Å². The van der Waals surface area contributed by atoms with Crippen LogP contribution in [0, 0.1) is 0 Å². The van der Waals surface area contributed by atoms with Gasteiger partial charge < -0.3 is 34.3 Å². The van der Waals surface area contributed by atoms with E-state index in [0.717, 1.165) is 0 Å². The normalized spacial score (nSPS) is 27.9. The minimum atomic E-state index is -1.49. The van der Waals surface area contributed by atoms with Crippen LogP contribution in [0.4, 0.5) is 0 Å². The van der Waals surface area contributed by atoms with Gasteiger partial charge in [-0.3, -0.25) is 4.79 Å². The highest BCUT2D eigenvalue weighted by molar-refractivity contribution is 5.77. The van der Waals surface area contributed by atoms with Gasteiger partial charge in [-0.05, 0) is 30.7 Å². The molecule has 1 aliphatic carbocycles. The Kier molecular flexibility index (Phi) is 5.00. The third-order valence-corrected chi connectivity index (χ3v) is 4.66. The fourth-order valence-corrected chi connectivity index (χ4v) is 3.17. The zero-order valence-electron chi connectivity index (χ0n) is 14.6. The van der Waals surface area contributed by atoms with E-state index in [1.807, 2.05) is 0 Å². The second-order valence-corrected chi connectivity index (χ2v) is 6.62. The van der Waals surface area contributed by atoms with Crippen molar-refractivity contribution in [2.24, 2.45) is 0 Å². The summed E-state index contributed by atoms with van der Waals surface area (Å²) in [6, 6.07) is 9.07. The first-order valence-corrected chi connectivity index (χ1v) is 8.78. The molecule has 4 N–H and O–H groups in total. The van der Waals surface area contributed by atoms with Crippen LogP contribution in [0.3, 0.4) is 0 Å². The lowest BCUT2D eigenvalue weighted by Gasteiger charge is -2.40. The van der Waals surface area contributed by atoms with Gasteiger partial charge in [-0.2, -0.15) is 0 Å². The summed E-state index contributed by atoms with van der Waals surface area (Å²) in [4.78, 5) is 15.9. The van der Waals surface area contributed by atoms with Crippen LogP contribution in [0.2, 0.25) is 0 Å². The molecule has 0 bridgehead atoms. The highest BCUT2D eigenvalue weighted by Gasteiger charge is 2.44. The lowest BCUT2D eigenvalue weighted by atomic mass is 9.97. The smallest absolute Gasteiger partial charge is 0.229 e. The number of aliphatic hydroxyl groups excluding tert-OH is 4. The standard InChI is InChI=1S/C19H19NO8/c21-6-5-13-16(23)17(24)18(25)19(28-13)26-10-2-4-12-15(8-10)27-14-7-9(22)1-3-11(14)20-12/h1-4,7-8,13,16-19,21,23-25H,5-6H2/t13-,16+,17+,18-,19-/m1/s1. The van der Waals surface area contributed by atoms with Gasteiger partial charge in [-0.1, -0.05) is 0 Å². The molecular formula is C19H19NO8. The molecule has 9 heteroatoms. The van der Waals surface area contributed by atoms with Crippen LogP contribution in [-0.4, -0.2) is 62.7 Å². The molecule has 0 unspecified atom stereocenters. The van der Waals surface area contributed by atoms with Gasteiger partial charge in [0.15, 0.2) is 16.8 Å². The molecule has 1 aromatic carbocycles. The Labute approximate surface area is 158 Å². The van der Waals surface area contributed by atoms with Gasteiger partial charge in [0.2, 0.25) is 6.29 Å². The van der Waals surface area contributed by atoms with Crippen LogP contribution in [0.1, 0.15) is 6.42 Å². The molecule has 1 saturated heterocycles. The summed E-state index contributed by atoms with van der Waals surface area (Å²) in [6.07, 6.45) is -6.39. The van der Waals surface area contributed by atoms with Gasteiger partial charge in [0, 0.05) is 18.7 Å². The molecule has 0 radical (unpaired) electrons. The second-order valence-electron chi connectivity index (χ2n) is 6.62. The van der Waals surface area contributed by atoms with E-state index in [2.05, 4.69) is 4.98 Å². The molecule has 0 amide bonds. The summed E-state index contributed by atoms with van der Waals surface area (Å²) in [5.41, 5.74) is 1.23. The van der Waals surface area contributed by atoms with Gasteiger partial charge >= 0.3 is 0 Å². The fourth-order valence-electron chi connectivity index (χ4n) is 3.17. The van der Waals surface area contributed by atoms with E-state index in [1.54, 1.807) is 18.2 Å². The van der Waals surface area contributed by atoms with Crippen molar-refractivity contribution in [2.45, 2.75) is 37.1 Å². The fraction of sp³-hybridized carbons (Fsp3) is 0.368. The van der Waals surface area contributed by atoms with Crippen molar-refractivity contribution < 1.29 is 34.3 Å². The van der Waals surface area contributed by atoms with Crippen LogP contribution in [0.25, 0.3) is 22.6 Å². The van der Waals surface area contributed by atoms with Crippen molar-refractivity contribution in [1.29, 1.82) is 0 Å². The molecule has 2 aliphatic heterocycles. The number of ether oxygens (including phenoxy) is 2. The van der Waals surface area contributed by atoms with Gasteiger partial charge in [-0.25, -0.2) is 4.98 Å². The Morgan fingerprint density at radius 1 is 1.04 bits per heavy atom. The molecule has 28 heavy (non-hydrogen) atoms. The van der Waals surface area contributed by atoms with Crippen molar-refractivity contribution in [1.82, 2.24) is 4.98 Å². The Morgan fingerprint density at radius 3 is 2.64 bits per heavy atom. The molecule has 148 valence electrons. The van der Waals surface area contributed by atoms with Crippen molar-refractivity contribution in [3.63, 3.8) is 0 Å². The van der Waals surface area contributed by atoms with Crippen molar-refractivity contribution in [3.05, 3.63) is 46.6 Å². The maximum Gasteiger partial charge on any atom is 0.229 e. The molecule has 0 saturated carbocycles. The molecule has 3 aliphatic rings. The monoisotopic (exact) mass is 389 g/mol. The summed E-state index contributed by atoms with van der Waals surface area (Å²) in [5.74, 6) is 0.596. The lowest BCUT2D eigenvalue weighted by molar-refractivity contribution is -0.274. The largest absolute Gasteiger partial charge is 0.462 e. The summed E-state index contributed by atoms with van der Waals surface area (Å²) < 4.78 is 16.8. The Hall–Kier alpha value is -2.56. The first kappa shape index (κ1) is 18.8. The number of benzene rings is 2. The molecule has 5 atom stereocenters. The Morgan fingerprint density at radius 2 is 1.86 bits per heavy atom. The Bertz CT molecular complexity index is 1000. The van der Waals surface area contributed by atoms with E-state index in [4.69, 9.17) is 19.0 Å². The number of aliphatic hydroxyl groups is 4. The third-order valence-electron chi connectivity index (χ3n) is 4.66. The molecule has 0 spiro atoms. The van der Waals surface area contributed by atoms with Crippen LogP contribution < -0.4 is 10.2 Å². The van der Waals surface area contributed by atoms with Crippen LogP contribution >= 0.6 is 0 Å². The van der Waals surface area contributed by atoms with Crippen LogP contribution in [0.5, 0.6) is 5.75 Å². The van der Waals surface area contributed by atoms with Gasteiger partial charge in [0.1, 0.15) is 35.3 Å². The molecule has 0 aromatic heterocycles. The molecule has 1 aromatic rings. The predicted octanol–water partition coefficient (Wildman–Crippen LogP) is -0.138. The quantitative estimate of drug-likeness (QED) is 0.448. The minimum absolute atomic E-state index is 0.0747. The molecular weight excluding hydrogens is 370 g/mol. The summed E-state index contributed by atoms with van der Waals surface area (Å²) in [7, 11) is 0. The summed E-state index contributed by atoms with van der Waals surface area (Å²) in [5, 5.41) is 39.2. The van der Waals surface area contributed by atoms with E-state index < -0.39 is 30.7 Å². The van der Waals surface area contributed by atoms with Crippen molar-refractivity contribution in [2.75, 3.05) is 6.61 Å². The highest BCUT2D eigenvalue weighted by atomic mass is 16.7. The average Bonchev–Trinajstić information content (AvgIpc) is 2.68. The summed E-state index contributed by atoms with van der Waals surface area (Å²) >= 11 is 0. The SMILES string of the molecule is O=c1ccc2nc3ccc(O[C@@H]4O[C@H](CCO)[C@H](O)[C@H](O)[C@H]4O)cc3oc-2c1. The van der Waals surface area contributed by atoms with Crippen LogP contribution in [0.15, 0.2) is 45.6 Å². The van der Waals surface area contributed by atoms with E-state index in [9.17, 15) is 20.1 Å². The second kappa shape index (κ2) is 7.46. The predicted molar refractivity (Wildman–Crippen MR) is 95.9 cm³/mol. The van der Waals surface area contributed by atoms with Gasteiger partial charge in [0.25, 0.3) is 0 Å². The zero-order chi connectivity index (χ0) is 19.8. The molecule has 1 fully saturated rings. The maximum atomic E-state index is 11.5. The van der Waals surface area contributed by atoms with Crippen molar-refractivity contribution in [3.8, 4) is 17.2 Å². The number of hydrogen-bond acceptors (Lipinski definition) is 9. The Balaban J connectivity index is 1.63. The number of aromatic nitrogens is 1. The summed E-state index contributed by atoms with van der Waals surface area (Å²) in [6.45, 7) is -0.257. The first-order valence-electron chi connectivity index (χ1n) is 8.78. The number of nitrogens with zero attached hydrogens (tertiary/aromatic N) is 1. The number of rotatable bonds is 4. The van der Waals surface area contributed by atoms with Crippen molar-refractivity contribution >= 4 is 11.1 Å². The van der Waals surface area contributed by atoms with E-state index in [1.165, 1.54) is 18.2 Å². The number of fused-ring (bicyclic) bond motifs is 2. The lowest BCUT2D eigenvalue weighted by Crippen LogP contribution is -2.59. The minimum Gasteiger partial charge on any atom is -0.462 e. The van der Waals surface area contributed by atoms with Gasteiger partial charge in [-0.15, -0.1) is 0 Å². The molecule has 2 heterocycles. The maximum absolute atomic E-state index is 11.5. The molecule has 4 rings (SSSR count). The zero-order valence-corrected chi connectivity index (χ0v) is 14.6. The molecule has 9 nitrogen and oxygen atoms in total. The topological polar surface area (TPSA) is 142 Å². The van der Waals surface area contributed by atoms with Gasteiger partial charge in [0.05, 0.1) is 6.10 Å². The highest BCUT2D eigenvalue weighted by Crippen LogP contribution is 2.29. The van der Waals surface area contributed by atoms with E-state index in [-0.39, 0.29) is 24.2 Å². The first-order chi connectivity index (χ1) is 13.5. The van der Waals surface area contributed by atoms with E-state index >= 15 is 0 Å². The number of hydrogen-bond donors (Lipinski definition) is 4. The third kappa shape index (κ3) is 3.46.